The molecular weight excluding hydrogens is 783 g/mol. The lowest BCUT2D eigenvalue weighted by atomic mass is 9.96. The quantitative estimate of drug-likeness (QED) is 0.0762. The van der Waals surface area contributed by atoms with Gasteiger partial charge in [-0.1, -0.05) is 127 Å². The third-order valence-electron chi connectivity index (χ3n) is 10.0. The van der Waals surface area contributed by atoms with Crippen LogP contribution in [0.5, 0.6) is 23.0 Å². The number of hydrogen-bond acceptors (Lipinski definition) is 9. The lowest BCUT2D eigenvalue weighted by Gasteiger charge is -2.23. The summed E-state index contributed by atoms with van der Waals surface area (Å²) in [5.41, 5.74) is 6.41. The molecule has 0 bridgehead atoms. The van der Waals surface area contributed by atoms with Gasteiger partial charge in [0.05, 0.1) is 13.1 Å². The molecule has 0 amide bonds. The average molecular weight is 830 g/mol. The molecule has 0 aliphatic rings. The maximum absolute atomic E-state index is 11.6. The number of nitrogens with zero attached hydrogens (tertiary/aromatic N) is 3. The SMILES string of the molecule is CN(CCOc1cc(-c2ccccc2)c(OCC(=O)O)c(-c2ccccc2)c1)c1cccc(N(C)CCOc2cc(-c3ccccc3)c(OCC(=O)O)c(-c3ccccc3)c2)n1. The van der Waals surface area contributed by atoms with Gasteiger partial charge >= 0.3 is 11.9 Å². The maximum atomic E-state index is 11.6. The van der Waals surface area contributed by atoms with E-state index in [0.717, 1.165) is 56.1 Å². The van der Waals surface area contributed by atoms with Crippen molar-refractivity contribution in [2.45, 2.75) is 0 Å². The largest absolute Gasteiger partial charge is 0.492 e. The van der Waals surface area contributed by atoms with Gasteiger partial charge in [-0.25, -0.2) is 14.6 Å². The molecule has 7 aromatic rings. The molecule has 11 nitrogen and oxygen atoms in total. The van der Waals surface area contributed by atoms with Crippen LogP contribution in [0.4, 0.5) is 11.6 Å². The molecule has 62 heavy (non-hydrogen) atoms. The predicted octanol–water partition coefficient (Wildman–Crippen LogP) is 9.71. The maximum Gasteiger partial charge on any atom is 0.341 e. The summed E-state index contributed by atoms with van der Waals surface area (Å²) in [7, 11) is 3.93. The fourth-order valence-corrected chi connectivity index (χ4v) is 6.95. The molecule has 0 aliphatic carbocycles. The van der Waals surface area contributed by atoms with E-state index in [-0.39, 0.29) is 0 Å². The Labute approximate surface area is 361 Å². The number of rotatable bonds is 20. The van der Waals surface area contributed by atoms with Crippen LogP contribution >= 0.6 is 0 Å². The number of hydrogen-bond donors (Lipinski definition) is 2. The van der Waals surface area contributed by atoms with Crippen molar-refractivity contribution in [3.63, 3.8) is 0 Å². The van der Waals surface area contributed by atoms with E-state index in [9.17, 15) is 19.8 Å². The van der Waals surface area contributed by atoms with Crippen LogP contribution in [-0.4, -0.2) is 80.7 Å². The number of carboxylic acids is 2. The summed E-state index contributed by atoms with van der Waals surface area (Å²) in [4.78, 5) is 32.1. The van der Waals surface area contributed by atoms with E-state index in [2.05, 4.69) is 0 Å². The number of carbonyl (C=O) groups is 2. The molecule has 0 aliphatic heterocycles. The number of aromatic nitrogens is 1. The Morgan fingerprint density at radius 2 is 0.758 bits per heavy atom. The molecule has 0 radical (unpaired) electrons. The number of ether oxygens (including phenoxy) is 4. The smallest absolute Gasteiger partial charge is 0.341 e. The number of likely N-dealkylation sites (N-methyl/N-ethyl adjacent to an activating group) is 2. The van der Waals surface area contributed by atoms with Crippen LogP contribution in [0.15, 0.2) is 164 Å². The molecule has 0 spiro atoms. The normalized spacial score (nSPS) is 10.7. The molecule has 0 saturated heterocycles. The van der Waals surface area contributed by atoms with E-state index in [1.165, 1.54) is 0 Å². The monoisotopic (exact) mass is 829 g/mol. The minimum atomic E-state index is -1.06. The van der Waals surface area contributed by atoms with Crippen LogP contribution in [0, 0.1) is 0 Å². The molecule has 6 aromatic carbocycles. The van der Waals surface area contributed by atoms with Crippen molar-refractivity contribution in [3.05, 3.63) is 164 Å². The van der Waals surface area contributed by atoms with Crippen LogP contribution in [0.2, 0.25) is 0 Å². The first-order valence-corrected chi connectivity index (χ1v) is 20.2. The lowest BCUT2D eigenvalue weighted by molar-refractivity contribution is -0.140. The van der Waals surface area contributed by atoms with Gasteiger partial charge in [-0.3, -0.25) is 0 Å². The van der Waals surface area contributed by atoms with Crippen LogP contribution < -0.4 is 28.7 Å². The van der Waals surface area contributed by atoms with Crippen molar-refractivity contribution >= 4 is 23.6 Å². The van der Waals surface area contributed by atoms with Gasteiger partial charge in [-0.15, -0.1) is 0 Å². The van der Waals surface area contributed by atoms with Gasteiger partial charge in [-0.2, -0.15) is 0 Å². The van der Waals surface area contributed by atoms with Crippen LogP contribution in [0.1, 0.15) is 0 Å². The molecule has 2 N–H and O–H groups in total. The standard InChI is InChI=1S/C51H47N3O8/c1-53(26-28-59-40-30-42(36-16-7-3-8-17-36)50(61-34-48(55)56)43(31-40)37-18-9-4-10-19-37)46-24-15-25-47(52-46)54(2)27-29-60-41-32-44(38-20-11-5-12-21-38)51(62-35-49(57)58)45(33-41)39-22-13-6-14-23-39/h3-25,30-33H,26-29,34-35H2,1-2H3,(H,55,56)(H,57,58). The van der Waals surface area contributed by atoms with Crippen molar-refractivity contribution in [1.29, 1.82) is 0 Å². The van der Waals surface area contributed by atoms with E-state index < -0.39 is 25.2 Å². The van der Waals surface area contributed by atoms with Gasteiger partial charge in [0.15, 0.2) is 13.2 Å². The number of carboxylic acid groups (broad SMARTS) is 2. The fourth-order valence-electron chi connectivity index (χ4n) is 6.95. The summed E-state index contributed by atoms with van der Waals surface area (Å²) >= 11 is 0. The number of pyridine rings is 1. The second-order valence-corrected chi connectivity index (χ2v) is 14.4. The molecule has 0 atom stereocenters. The third-order valence-corrected chi connectivity index (χ3v) is 10.0. The minimum absolute atomic E-state index is 0.347. The van der Waals surface area contributed by atoms with Gasteiger partial charge < -0.3 is 39.0 Å². The molecule has 7 rings (SSSR count). The molecule has 0 unspecified atom stereocenters. The molecule has 314 valence electrons. The molecule has 0 fully saturated rings. The third kappa shape index (κ3) is 10.9. The van der Waals surface area contributed by atoms with Crippen LogP contribution in [0.3, 0.4) is 0 Å². The van der Waals surface area contributed by atoms with Crippen molar-refractivity contribution in [3.8, 4) is 67.5 Å². The Hall–Kier alpha value is -7.79. The van der Waals surface area contributed by atoms with Gasteiger partial charge in [-0.05, 0) is 58.7 Å². The van der Waals surface area contributed by atoms with E-state index in [0.29, 0.717) is 49.3 Å². The second-order valence-electron chi connectivity index (χ2n) is 14.4. The minimum Gasteiger partial charge on any atom is -0.492 e. The van der Waals surface area contributed by atoms with Crippen molar-refractivity contribution in [2.75, 3.05) is 63.4 Å². The summed E-state index contributed by atoms with van der Waals surface area (Å²) in [5.74, 6) is 1.59. The van der Waals surface area contributed by atoms with Crippen LogP contribution in [-0.2, 0) is 9.59 Å². The Morgan fingerprint density at radius 1 is 0.452 bits per heavy atom. The first kappa shape index (κ1) is 42.3. The molecule has 0 saturated carbocycles. The lowest BCUT2D eigenvalue weighted by Crippen LogP contribution is -2.27. The fraction of sp³-hybridized carbons (Fsp3) is 0.157. The highest BCUT2D eigenvalue weighted by Gasteiger charge is 2.20. The Morgan fingerprint density at radius 3 is 1.05 bits per heavy atom. The highest BCUT2D eigenvalue weighted by atomic mass is 16.5. The second kappa shape index (κ2) is 20.5. The van der Waals surface area contributed by atoms with E-state index in [4.69, 9.17) is 23.9 Å². The summed E-state index contributed by atoms with van der Waals surface area (Å²) < 4.78 is 24.6. The summed E-state index contributed by atoms with van der Waals surface area (Å²) in [6.07, 6.45) is 0. The first-order valence-electron chi connectivity index (χ1n) is 20.2. The zero-order chi connectivity index (χ0) is 43.3. The van der Waals surface area contributed by atoms with Gasteiger partial charge in [0.2, 0.25) is 0 Å². The predicted molar refractivity (Wildman–Crippen MR) is 243 cm³/mol. The average Bonchev–Trinajstić information content (AvgIpc) is 3.31. The summed E-state index contributed by atoms with van der Waals surface area (Å²) in [6.45, 7) is 0.791. The highest BCUT2D eigenvalue weighted by Crippen LogP contribution is 2.44. The topological polar surface area (TPSA) is 131 Å². The molecule has 1 heterocycles. The first-order chi connectivity index (χ1) is 30.2. The van der Waals surface area contributed by atoms with Gasteiger partial charge in [0, 0.05) is 36.3 Å². The Balaban J connectivity index is 1.04. The van der Waals surface area contributed by atoms with E-state index in [1.807, 2.05) is 188 Å². The molecule has 1 aromatic heterocycles. The van der Waals surface area contributed by atoms with Gasteiger partial charge in [0.25, 0.3) is 0 Å². The number of benzene rings is 6. The van der Waals surface area contributed by atoms with Crippen molar-refractivity contribution < 1.29 is 38.7 Å². The summed E-state index contributed by atoms with van der Waals surface area (Å²) in [6, 6.07) is 52.2. The van der Waals surface area contributed by atoms with Crippen molar-refractivity contribution in [2.24, 2.45) is 0 Å². The molecular formula is C51H47N3O8. The highest BCUT2D eigenvalue weighted by molar-refractivity contribution is 5.86. The van der Waals surface area contributed by atoms with Gasteiger partial charge in [0.1, 0.15) is 47.8 Å². The zero-order valence-electron chi connectivity index (χ0n) is 34.5. The van der Waals surface area contributed by atoms with E-state index in [1.54, 1.807) is 0 Å². The summed E-state index contributed by atoms with van der Waals surface area (Å²) in [5, 5.41) is 19.0. The van der Waals surface area contributed by atoms with E-state index >= 15 is 0 Å². The van der Waals surface area contributed by atoms with Crippen LogP contribution in [0.25, 0.3) is 44.5 Å². The Bertz CT molecular complexity index is 2280. The number of aliphatic carboxylic acids is 2. The van der Waals surface area contributed by atoms with Crippen molar-refractivity contribution in [1.82, 2.24) is 4.98 Å². The Kier molecular flexibility index (Phi) is 14.0. The number of anilines is 2. The zero-order valence-corrected chi connectivity index (χ0v) is 34.5. The molecule has 11 heteroatoms.